The quantitative estimate of drug-likeness (QED) is 0.557. The molecule has 2 heterocycles. The molecule has 0 unspecified atom stereocenters. The number of rotatable bonds is 2. The molecule has 0 N–H and O–H groups in total. The molecule has 184 valence electrons. The minimum absolute atomic E-state index is 0.111. The van der Waals surface area contributed by atoms with Gasteiger partial charge in [0.05, 0.1) is 11.2 Å². The smallest absolute Gasteiger partial charge is 0.443 e. The Hall–Kier alpha value is -2.65. The average Bonchev–Trinajstić information content (AvgIpc) is 2.86. The van der Waals surface area contributed by atoms with E-state index in [0.717, 1.165) is 10.3 Å². The van der Waals surface area contributed by atoms with Gasteiger partial charge in [0, 0.05) is 17.0 Å². The summed E-state index contributed by atoms with van der Waals surface area (Å²) in [5.74, 6) is 0.111. The van der Waals surface area contributed by atoms with Gasteiger partial charge in [-0.05, 0) is 74.6 Å². The van der Waals surface area contributed by atoms with Crippen LogP contribution in [-0.2, 0) is 18.8 Å². The lowest BCUT2D eigenvalue weighted by molar-refractivity contribution is 0.00578. The molecule has 1 aliphatic rings. The molecule has 0 aliphatic carbocycles. The fourth-order valence-electron chi connectivity index (χ4n) is 3.40. The number of benzene rings is 1. The van der Waals surface area contributed by atoms with Crippen molar-refractivity contribution in [2.45, 2.75) is 91.6 Å². The highest BCUT2D eigenvalue weighted by Gasteiger charge is 2.52. The fraction of sp³-hybridized carbons (Fsp3) is 0.560. The first-order valence-corrected chi connectivity index (χ1v) is 11.4. The molecule has 1 fully saturated rings. The van der Waals surface area contributed by atoms with Crippen molar-refractivity contribution in [2.75, 3.05) is 4.90 Å². The number of carbonyl (C=O) groups is 2. The second-order valence-corrected chi connectivity index (χ2v) is 11.5. The van der Waals surface area contributed by atoms with Gasteiger partial charge in [-0.3, -0.25) is 0 Å². The van der Waals surface area contributed by atoms with Gasteiger partial charge in [-0.25, -0.2) is 14.6 Å². The Morgan fingerprint density at radius 3 is 1.74 bits per heavy atom. The first-order valence-electron chi connectivity index (χ1n) is 11.4. The predicted molar refractivity (Wildman–Crippen MR) is 132 cm³/mol. The zero-order valence-corrected chi connectivity index (χ0v) is 21.8. The number of pyridine rings is 1. The predicted octanol–water partition coefficient (Wildman–Crippen LogP) is 5.21. The molecule has 0 atom stereocenters. The van der Waals surface area contributed by atoms with Gasteiger partial charge < -0.3 is 18.8 Å². The van der Waals surface area contributed by atoms with Crippen molar-refractivity contribution in [1.82, 2.24) is 4.98 Å². The number of fused-ring (bicyclic) bond motifs is 1. The van der Waals surface area contributed by atoms with Gasteiger partial charge in [-0.1, -0.05) is 24.3 Å². The molecule has 34 heavy (non-hydrogen) atoms. The van der Waals surface area contributed by atoms with Crippen LogP contribution in [0.4, 0.5) is 15.4 Å². The van der Waals surface area contributed by atoms with Crippen LogP contribution in [0.25, 0.3) is 10.8 Å². The molecule has 1 aromatic carbocycles. The Balaban J connectivity index is 2.14. The van der Waals surface area contributed by atoms with Gasteiger partial charge in [0.1, 0.15) is 11.2 Å². The molecule has 9 heteroatoms. The number of imide groups is 1. The lowest BCUT2D eigenvalue weighted by Gasteiger charge is -2.32. The summed E-state index contributed by atoms with van der Waals surface area (Å²) in [6.07, 6.45) is -0.174. The number of anilines is 1. The largest absolute Gasteiger partial charge is 0.497 e. The molecular weight excluding hydrogens is 435 g/mol. The highest BCUT2D eigenvalue weighted by Crippen LogP contribution is 2.37. The normalized spacial score (nSPS) is 17.5. The summed E-state index contributed by atoms with van der Waals surface area (Å²) >= 11 is 0. The number of aromatic nitrogens is 1. The molecule has 1 aromatic heterocycles. The lowest BCUT2D eigenvalue weighted by Crippen LogP contribution is -2.44. The number of nitrogens with zero attached hydrogens (tertiary/aromatic N) is 2. The Labute approximate surface area is 202 Å². The maximum Gasteiger partial charge on any atom is 0.497 e. The Morgan fingerprint density at radius 2 is 1.29 bits per heavy atom. The molecule has 2 amide bonds. The van der Waals surface area contributed by atoms with E-state index in [-0.39, 0.29) is 5.82 Å². The summed E-state index contributed by atoms with van der Waals surface area (Å²) in [6.45, 7) is 18.3. The van der Waals surface area contributed by atoms with Crippen molar-refractivity contribution in [3.8, 4) is 0 Å². The van der Waals surface area contributed by atoms with Gasteiger partial charge in [-0.15, -0.1) is 0 Å². The summed E-state index contributed by atoms with van der Waals surface area (Å²) in [7, 11) is -0.659. The molecule has 2 aromatic rings. The maximum absolute atomic E-state index is 13.2. The van der Waals surface area contributed by atoms with E-state index in [2.05, 4.69) is 4.98 Å². The summed E-state index contributed by atoms with van der Waals surface area (Å²) in [5.41, 5.74) is -2.01. The van der Waals surface area contributed by atoms with Crippen molar-refractivity contribution < 1.29 is 28.4 Å². The minimum Gasteiger partial charge on any atom is -0.443 e. The van der Waals surface area contributed by atoms with E-state index in [1.807, 2.05) is 45.9 Å². The third-order valence-corrected chi connectivity index (χ3v) is 5.68. The second-order valence-electron chi connectivity index (χ2n) is 11.5. The maximum atomic E-state index is 13.2. The van der Waals surface area contributed by atoms with Crippen molar-refractivity contribution in [2.24, 2.45) is 0 Å². The topological polar surface area (TPSA) is 87.2 Å². The van der Waals surface area contributed by atoms with E-state index >= 15 is 0 Å². The van der Waals surface area contributed by atoms with Gasteiger partial charge in [0.2, 0.25) is 0 Å². The SMILES string of the molecule is CC(C)(C)OC(=O)N(C(=O)OC(C)(C)C)c1ncc(B2OC(C)(C)C(C)(C)O2)c2ccccc12. The summed E-state index contributed by atoms with van der Waals surface area (Å²) in [6, 6.07) is 7.34. The Bertz CT molecular complexity index is 1060. The van der Waals surface area contributed by atoms with E-state index in [0.29, 0.717) is 10.8 Å². The second kappa shape index (κ2) is 8.54. The number of amides is 2. The van der Waals surface area contributed by atoms with E-state index in [4.69, 9.17) is 18.8 Å². The Kier molecular flexibility index (Phi) is 6.52. The number of hydrogen-bond donors (Lipinski definition) is 0. The van der Waals surface area contributed by atoms with Crippen LogP contribution < -0.4 is 10.4 Å². The van der Waals surface area contributed by atoms with Crippen LogP contribution in [0.3, 0.4) is 0 Å². The van der Waals surface area contributed by atoms with Crippen LogP contribution in [0.5, 0.6) is 0 Å². The first-order chi connectivity index (χ1) is 15.4. The molecule has 8 nitrogen and oxygen atoms in total. The summed E-state index contributed by atoms with van der Waals surface area (Å²) < 4.78 is 23.5. The van der Waals surface area contributed by atoms with Crippen molar-refractivity contribution in [3.63, 3.8) is 0 Å². The summed E-state index contributed by atoms with van der Waals surface area (Å²) in [5, 5.41) is 1.30. The monoisotopic (exact) mass is 470 g/mol. The molecule has 0 bridgehead atoms. The molecule has 0 saturated carbocycles. The molecular formula is C25H35BN2O6. The highest BCUT2D eigenvalue weighted by molar-refractivity contribution is 6.65. The number of carbonyl (C=O) groups excluding carboxylic acids is 2. The molecule has 0 spiro atoms. The van der Waals surface area contributed by atoms with E-state index in [1.165, 1.54) is 0 Å². The van der Waals surface area contributed by atoms with Crippen LogP contribution >= 0.6 is 0 Å². The number of hydrogen-bond acceptors (Lipinski definition) is 7. The molecule has 1 aliphatic heterocycles. The van der Waals surface area contributed by atoms with E-state index < -0.39 is 41.7 Å². The van der Waals surface area contributed by atoms with Crippen molar-refractivity contribution in [3.05, 3.63) is 30.5 Å². The first kappa shape index (κ1) is 26.0. The third-order valence-electron chi connectivity index (χ3n) is 5.68. The Morgan fingerprint density at radius 1 is 0.853 bits per heavy atom. The zero-order valence-electron chi connectivity index (χ0n) is 21.8. The standard InChI is InChI=1S/C25H35BN2O6/c1-22(2,3)31-20(29)28(21(30)32-23(4,5)6)19-17-14-12-11-13-16(17)18(15-27-19)26-33-24(7,8)25(9,10)34-26/h11-15H,1-10H3. The van der Waals surface area contributed by atoms with Crippen LogP contribution in [-0.4, -0.2) is 46.7 Å². The van der Waals surface area contributed by atoms with Gasteiger partial charge in [0.15, 0.2) is 5.82 Å². The summed E-state index contributed by atoms with van der Waals surface area (Å²) in [4.78, 5) is 31.7. The minimum atomic E-state index is -0.872. The van der Waals surface area contributed by atoms with Crippen molar-refractivity contribution >= 4 is 41.4 Å². The zero-order chi connectivity index (χ0) is 25.7. The van der Waals surface area contributed by atoms with E-state index in [9.17, 15) is 9.59 Å². The van der Waals surface area contributed by atoms with Gasteiger partial charge in [0.25, 0.3) is 0 Å². The third kappa shape index (κ3) is 5.36. The fourth-order valence-corrected chi connectivity index (χ4v) is 3.40. The van der Waals surface area contributed by atoms with Crippen molar-refractivity contribution in [1.29, 1.82) is 0 Å². The molecule has 3 rings (SSSR count). The van der Waals surface area contributed by atoms with Crippen LogP contribution in [0, 0.1) is 0 Å². The van der Waals surface area contributed by atoms with Crippen LogP contribution in [0.2, 0.25) is 0 Å². The molecule has 0 radical (unpaired) electrons. The average molecular weight is 470 g/mol. The molecule has 1 saturated heterocycles. The van der Waals surface area contributed by atoms with Gasteiger partial charge in [-0.2, -0.15) is 4.90 Å². The highest BCUT2D eigenvalue weighted by atomic mass is 16.7. The van der Waals surface area contributed by atoms with E-state index in [1.54, 1.807) is 53.8 Å². The van der Waals surface area contributed by atoms with Gasteiger partial charge >= 0.3 is 19.3 Å². The lowest BCUT2D eigenvalue weighted by atomic mass is 9.77. The van der Waals surface area contributed by atoms with Crippen LogP contribution in [0.1, 0.15) is 69.2 Å². The van der Waals surface area contributed by atoms with Crippen LogP contribution in [0.15, 0.2) is 30.5 Å². The number of ether oxygens (including phenoxy) is 2.